The molecule has 0 atom stereocenters. The molecule has 2 N–H and O–H groups in total. The molecule has 0 amide bonds. The molecule has 11 heavy (non-hydrogen) atoms. The zero-order chi connectivity index (χ0) is 6.81. The predicted octanol–water partition coefficient (Wildman–Crippen LogP) is 0.195. The number of nitrogens with one attached hydrogen (secondary N) is 2. The van der Waals surface area contributed by atoms with Crippen molar-refractivity contribution in [3.05, 3.63) is 0 Å². The molecule has 2 rings (SSSR count). The molecule has 0 radical (unpaired) electrons. The first-order chi connectivity index (χ1) is 4.97. The molecule has 2 aliphatic heterocycles. The van der Waals surface area contributed by atoms with E-state index in [1.807, 2.05) is 0 Å². The summed E-state index contributed by atoms with van der Waals surface area (Å²) in [4.78, 5) is 2.48. The zero-order valence-corrected chi connectivity index (χ0v) is 6.27. The number of hydrogen-bond acceptors (Lipinski definition) is 3. The summed E-state index contributed by atoms with van der Waals surface area (Å²) in [6.45, 7) is 4.89. The maximum atomic E-state index is 3.44. The van der Waals surface area contributed by atoms with Gasteiger partial charge in [-0.3, -0.25) is 15.5 Å². The second-order valence-corrected chi connectivity index (χ2v) is 3.05. The molecule has 2 fully saturated rings. The first-order valence-corrected chi connectivity index (χ1v) is 4.18. The number of fused-ring (bicyclic) bond motifs is 1. The van der Waals surface area contributed by atoms with Crippen LogP contribution in [-0.4, -0.2) is 37.4 Å². The fourth-order valence-electron chi connectivity index (χ4n) is 1.74. The lowest BCUT2D eigenvalue weighted by Crippen LogP contribution is -2.62. The van der Waals surface area contributed by atoms with Crippen LogP contribution in [0.1, 0.15) is 20.3 Å². The third-order valence-electron chi connectivity index (χ3n) is 2.28. The van der Waals surface area contributed by atoms with Crippen molar-refractivity contribution in [3.63, 3.8) is 0 Å². The van der Waals surface area contributed by atoms with Gasteiger partial charge in [0.2, 0.25) is 0 Å². The largest absolute Gasteiger partial charge is 0.289 e. The highest BCUT2D eigenvalue weighted by atomic mass is 15.4. The molecule has 3 nitrogen and oxygen atoms in total. The molecule has 0 spiro atoms. The Morgan fingerprint density at radius 2 is 1.55 bits per heavy atom. The molecule has 0 aromatic rings. The molecule has 0 aliphatic carbocycles. The molecule has 2 heterocycles. The summed E-state index contributed by atoms with van der Waals surface area (Å²) in [7, 11) is 0. The van der Waals surface area contributed by atoms with Gasteiger partial charge >= 0.3 is 0 Å². The van der Waals surface area contributed by atoms with Crippen molar-refractivity contribution < 1.29 is 0 Å². The summed E-state index contributed by atoms with van der Waals surface area (Å²) in [6.07, 6.45) is 3.10. The van der Waals surface area contributed by atoms with Gasteiger partial charge in [0.25, 0.3) is 0 Å². The summed E-state index contributed by atoms with van der Waals surface area (Å²) < 4.78 is 0. The predicted molar refractivity (Wildman–Crippen MR) is 47.3 cm³/mol. The molecule has 3 heteroatoms. The van der Waals surface area contributed by atoms with Crippen LogP contribution in [0.4, 0.5) is 0 Å². The molecule has 2 aliphatic rings. The first kappa shape index (κ1) is 8.97. The third kappa shape index (κ3) is 1.92. The Balaban J connectivity index is 0.000000605. The van der Waals surface area contributed by atoms with Crippen LogP contribution >= 0.6 is 0 Å². The van der Waals surface area contributed by atoms with Crippen LogP contribution in [0.25, 0.3) is 0 Å². The third-order valence-corrected chi connectivity index (χ3v) is 2.28. The Kier molecular flexibility index (Phi) is 3.30. The first-order valence-electron chi connectivity index (χ1n) is 4.18. The van der Waals surface area contributed by atoms with Gasteiger partial charge in [-0.1, -0.05) is 7.43 Å². The molecule has 0 aromatic heterocycles. The van der Waals surface area contributed by atoms with E-state index in [-0.39, 0.29) is 7.43 Å². The van der Waals surface area contributed by atoms with Gasteiger partial charge < -0.3 is 0 Å². The quantitative estimate of drug-likeness (QED) is 0.526. The van der Waals surface area contributed by atoms with E-state index in [0.29, 0.717) is 6.29 Å². The average molecular weight is 157 g/mol. The SMILES string of the molecule is C.C1CNC2NCCCN2C1. The van der Waals surface area contributed by atoms with Gasteiger partial charge in [0.15, 0.2) is 0 Å². The summed E-state index contributed by atoms with van der Waals surface area (Å²) >= 11 is 0. The standard InChI is InChI=1S/C7H15N3.CH4/c1-3-8-7-9-4-2-6-10(7)5-1;/h7-9H,1-6H2;1H4. The smallest absolute Gasteiger partial charge is 0.114 e. The zero-order valence-electron chi connectivity index (χ0n) is 6.27. The van der Waals surface area contributed by atoms with E-state index >= 15 is 0 Å². The van der Waals surface area contributed by atoms with Gasteiger partial charge in [0.1, 0.15) is 6.29 Å². The molecule has 66 valence electrons. The Morgan fingerprint density at radius 3 is 2.00 bits per heavy atom. The minimum Gasteiger partial charge on any atom is -0.289 e. The molecular formula is C8H19N3. The van der Waals surface area contributed by atoms with Gasteiger partial charge in [-0.2, -0.15) is 0 Å². The fraction of sp³-hybridized carbons (Fsp3) is 1.00. The van der Waals surface area contributed by atoms with Crippen LogP contribution in [0, 0.1) is 0 Å². The van der Waals surface area contributed by atoms with Crippen molar-refractivity contribution in [3.8, 4) is 0 Å². The normalized spacial score (nSPS) is 27.3. The van der Waals surface area contributed by atoms with Crippen molar-refractivity contribution >= 4 is 0 Å². The van der Waals surface area contributed by atoms with Crippen molar-refractivity contribution in [2.45, 2.75) is 26.6 Å². The van der Waals surface area contributed by atoms with E-state index in [0.717, 1.165) is 0 Å². The van der Waals surface area contributed by atoms with Crippen LogP contribution < -0.4 is 10.6 Å². The number of hydrogen-bond donors (Lipinski definition) is 2. The van der Waals surface area contributed by atoms with Gasteiger partial charge in [-0.05, 0) is 25.9 Å². The second-order valence-electron chi connectivity index (χ2n) is 3.05. The van der Waals surface area contributed by atoms with Gasteiger partial charge in [-0.25, -0.2) is 0 Å². The van der Waals surface area contributed by atoms with Crippen LogP contribution in [0.5, 0.6) is 0 Å². The number of rotatable bonds is 0. The topological polar surface area (TPSA) is 27.3 Å². The highest BCUT2D eigenvalue weighted by Crippen LogP contribution is 2.06. The molecule has 2 saturated heterocycles. The fourth-order valence-corrected chi connectivity index (χ4v) is 1.74. The van der Waals surface area contributed by atoms with E-state index in [4.69, 9.17) is 0 Å². The average Bonchev–Trinajstić information content (AvgIpc) is 2.05. The Morgan fingerprint density at radius 1 is 1.00 bits per heavy atom. The molecule has 0 bridgehead atoms. The summed E-state index contributed by atoms with van der Waals surface area (Å²) in [5, 5.41) is 6.87. The molecular weight excluding hydrogens is 138 g/mol. The van der Waals surface area contributed by atoms with Crippen molar-refractivity contribution in [2.24, 2.45) is 0 Å². The van der Waals surface area contributed by atoms with E-state index in [1.165, 1.54) is 39.0 Å². The van der Waals surface area contributed by atoms with E-state index in [9.17, 15) is 0 Å². The van der Waals surface area contributed by atoms with Gasteiger partial charge in [0, 0.05) is 13.1 Å². The molecule has 0 saturated carbocycles. The second kappa shape index (κ2) is 4.04. The minimum atomic E-state index is 0. The van der Waals surface area contributed by atoms with Crippen LogP contribution in [-0.2, 0) is 0 Å². The van der Waals surface area contributed by atoms with Crippen molar-refractivity contribution in [1.29, 1.82) is 0 Å². The summed E-state index contributed by atoms with van der Waals surface area (Å²) in [5.41, 5.74) is 0. The highest BCUT2D eigenvalue weighted by Gasteiger charge is 2.23. The maximum absolute atomic E-state index is 3.44. The van der Waals surface area contributed by atoms with Crippen LogP contribution in [0.15, 0.2) is 0 Å². The van der Waals surface area contributed by atoms with Gasteiger partial charge in [-0.15, -0.1) is 0 Å². The Labute approximate surface area is 69.1 Å². The highest BCUT2D eigenvalue weighted by molar-refractivity contribution is 4.77. The van der Waals surface area contributed by atoms with Crippen molar-refractivity contribution in [2.75, 3.05) is 26.2 Å². The maximum Gasteiger partial charge on any atom is 0.114 e. The molecule has 0 unspecified atom stereocenters. The summed E-state index contributed by atoms with van der Waals surface area (Å²) in [6, 6.07) is 0. The van der Waals surface area contributed by atoms with E-state index < -0.39 is 0 Å². The van der Waals surface area contributed by atoms with Crippen LogP contribution in [0.2, 0.25) is 0 Å². The lowest BCUT2D eigenvalue weighted by Gasteiger charge is -2.40. The number of nitrogens with zero attached hydrogens (tertiary/aromatic N) is 1. The minimum absolute atomic E-state index is 0. The molecule has 0 aromatic carbocycles. The van der Waals surface area contributed by atoms with Crippen LogP contribution in [0.3, 0.4) is 0 Å². The van der Waals surface area contributed by atoms with Crippen molar-refractivity contribution in [1.82, 2.24) is 15.5 Å². The monoisotopic (exact) mass is 157 g/mol. The van der Waals surface area contributed by atoms with E-state index in [2.05, 4.69) is 15.5 Å². The summed E-state index contributed by atoms with van der Waals surface area (Å²) in [5.74, 6) is 0. The Bertz CT molecular complexity index is 89.9. The lowest BCUT2D eigenvalue weighted by molar-refractivity contribution is 0.0762. The lowest BCUT2D eigenvalue weighted by atomic mass is 10.2. The van der Waals surface area contributed by atoms with E-state index in [1.54, 1.807) is 0 Å². The Hall–Kier alpha value is -0.120. The van der Waals surface area contributed by atoms with Gasteiger partial charge in [0.05, 0.1) is 0 Å².